The summed E-state index contributed by atoms with van der Waals surface area (Å²) in [6.07, 6.45) is 2.60. The van der Waals surface area contributed by atoms with Crippen molar-refractivity contribution < 1.29 is 13.2 Å². The highest BCUT2D eigenvalue weighted by atomic mass is 35.5. The Balaban J connectivity index is 2.56. The molecule has 1 aromatic rings. The van der Waals surface area contributed by atoms with Crippen molar-refractivity contribution in [2.45, 2.75) is 30.7 Å². The van der Waals surface area contributed by atoms with Crippen molar-refractivity contribution in [2.24, 2.45) is 5.73 Å². The minimum absolute atomic E-state index is 0.0910. The zero-order valence-corrected chi connectivity index (χ0v) is 13.1. The molecule has 0 spiro atoms. The second kappa shape index (κ2) is 8.59. The topological polar surface area (TPSA) is 81.4 Å². The number of nitrogens with two attached hydrogens (primary N) is 1. The van der Waals surface area contributed by atoms with Gasteiger partial charge < -0.3 is 10.5 Å². The van der Waals surface area contributed by atoms with Gasteiger partial charge in [0.05, 0.1) is 5.02 Å². The maximum atomic E-state index is 12.1. The lowest BCUT2D eigenvalue weighted by Gasteiger charge is -2.09. The lowest BCUT2D eigenvalue weighted by Crippen LogP contribution is -2.25. The Labute approximate surface area is 125 Å². The standard InChI is InChI=1S/C13H21ClN2O3S/c1-19-8-4-2-3-7-16-20(17,18)13-6-5-11(10-15)9-12(13)14/h5-6,9,16H,2-4,7-8,10,15H2,1H3. The highest BCUT2D eigenvalue weighted by molar-refractivity contribution is 7.89. The van der Waals surface area contributed by atoms with Crippen molar-refractivity contribution in [1.29, 1.82) is 0 Å². The van der Waals surface area contributed by atoms with Gasteiger partial charge in [0, 0.05) is 26.8 Å². The summed E-state index contributed by atoms with van der Waals surface area (Å²) in [4.78, 5) is 0.0910. The molecule has 0 fully saturated rings. The van der Waals surface area contributed by atoms with Gasteiger partial charge in [-0.15, -0.1) is 0 Å². The Hall–Kier alpha value is -0.660. The van der Waals surface area contributed by atoms with Crippen LogP contribution in [0.5, 0.6) is 0 Å². The maximum absolute atomic E-state index is 12.1. The number of hydrogen-bond donors (Lipinski definition) is 2. The number of halogens is 1. The summed E-state index contributed by atoms with van der Waals surface area (Å²) in [5.41, 5.74) is 6.28. The van der Waals surface area contributed by atoms with E-state index in [9.17, 15) is 8.42 Å². The number of rotatable bonds is 9. The van der Waals surface area contributed by atoms with Crippen molar-refractivity contribution >= 4 is 21.6 Å². The molecular weight excluding hydrogens is 300 g/mol. The summed E-state index contributed by atoms with van der Waals surface area (Å²) in [5.74, 6) is 0. The van der Waals surface area contributed by atoms with Gasteiger partial charge in [0.1, 0.15) is 4.90 Å². The number of benzene rings is 1. The van der Waals surface area contributed by atoms with E-state index in [2.05, 4.69) is 4.72 Å². The van der Waals surface area contributed by atoms with Crippen molar-refractivity contribution in [2.75, 3.05) is 20.3 Å². The van der Waals surface area contributed by atoms with Crippen LogP contribution in [0.4, 0.5) is 0 Å². The molecule has 7 heteroatoms. The molecular formula is C13H21ClN2O3S. The van der Waals surface area contributed by atoms with Crippen LogP contribution in [-0.4, -0.2) is 28.7 Å². The largest absolute Gasteiger partial charge is 0.385 e. The van der Waals surface area contributed by atoms with Crippen LogP contribution in [-0.2, 0) is 21.3 Å². The number of methoxy groups -OCH3 is 1. The monoisotopic (exact) mass is 320 g/mol. The molecule has 0 radical (unpaired) electrons. The van der Waals surface area contributed by atoms with E-state index in [1.807, 2.05) is 0 Å². The van der Waals surface area contributed by atoms with E-state index in [1.165, 1.54) is 6.07 Å². The molecule has 114 valence electrons. The highest BCUT2D eigenvalue weighted by Crippen LogP contribution is 2.22. The lowest BCUT2D eigenvalue weighted by atomic mass is 10.2. The van der Waals surface area contributed by atoms with E-state index in [0.29, 0.717) is 19.7 Å². The Kier molecular flexibility index (Phi) is 7.47. The van der Waals surface area contributed by atoms with Crippen LogP contribution in [0.1, 0.15) is 24.8 Å². The number of hydrogen-bond acceptors (Lipinski definition) is 4. The van der Waals surface area contributed by atoms with Crippen LogP contribution >= 0.6 is 11.6 Å². The smallest absolute Gasteiger partial charge is 0.242 e. The zero-order valence-electron chi connectivity index (χ0n) is 11.6. The molecule has 0 aliphatic heterocycles. The van der Waals surface area contributed by atoms with Crippen molar-refractivity contribution in [3.63, 3.8) is 0 Å². The van der Waals surface area contributed by atoms with E-state index in [0.717, 1.165) is 24.8 Å². The number of ether oxygens (including phenoxy) is 1. The van der Waals surface area contributed by atoms with Crippen LogP contribution in [0.3, 0.4) is 0 Å². The Morgan fingerprint density at radius 2 is 2.05 bits per heavy atom. The summed E-state index contributed by atoms with van der Waals surface area (Å²) >= 11 is 5.98. The maximum Gasteiger partial charge on any atom is 0.242 e. The van der Waals surface area contributed by atoms with Crippen molar-refractivity contribution in [3.8, 4) is 0 Å². The number of unbranched alkanes of at least 4 members (excludes halogenated alkanes) is 2. The molecule has 0 unspecified atom stereocenters. The summed E-state index contributed by atoms with van der Waals surface area (Å²) in [7, 11) is -1.91. The fraction of sp³-hybridized carbons (Fsp3) is 0.538. The summed E-state index contributed by atoms with van der Waals surface area (Å²) < 4.78 is 31.7. The Morgan fingerprint density at radius 1 is 1.30 bits per heavy atom. The second-order valence-corrected chi connectivity index (χ2v) is 6.56. The van der Waals surface area contributed by atoms with Gasteiger partial charge >= 0.3 is 0 Å². The Morgan fingerprint density at radius 3 is 2.65 bits per heavy atom. The van der Waals surface area contributed by atoms with E-state index in [1.54, 1.807) is 19.2 Å². The first kappa shape index (κ1) is 17.4. The third-order valence-corrected chi connectivity index (χ3v) is 4.78. The molecule has 20 heavy (non-hydrogen) atoms. The summed E-state index contributed by atoms with van der Waals surface area (Å²) in [6, 6.07) is 4.73. The molecule has 1 aromatic carbocycles. The van der Waals surface area contributed by atoms with Gasteiger partial charge in [-0.2, -0.15) is 0 Å². The number of nitrogens with one attached hydrogen (secondary N) is 1. The molecule has 0 bridgehead atoms. The lowest BCUT2D eigenvalue weighted by molar-refractivity contribution is 0.192. The van der Waals surface area contributed by atoms with Crippen LogP contribution in [0, 0.1) is 0 Å². The first-order valence-corrected chi connectivity index (χ1v) is 8.34. The zero-order chi connectivity index (χ0) is 15.0. The van der Waals surface area contributed by atoms with Gasteiger partial charge in [0.15, 0.2) is 0 Å². The van der Waals surface area contributed by atoms with Crippen LogP contribution in [0.25, 0.3) is 0 Å². The minimum atomic E-state index is -3.56. The third-order valence-electron chi connectivity index (χ3n) is 2.84. The van der Waals surface area contributed by atoms with E-state index in [4.69, 9.17) is 22.1 Å². The fourth-order valence-electron chi connectivity index (χ4n) is 1.72. The molecule has 5 nitrogen and oxygen atoms in total. The van der Waals surface area contributed by atoms with E-state index < -0.39 is 10.0 Å². The molecule has 0 amide bonds. The average Bonchev–Trinajstić information content (AvgIpc) is 2.42. The van der Waals surface area contributed by atoms with Gasteiger partial charge in [-0.05, 0) is 37.0 Å². The van der Waals surface area contributed by atoms with Gasteiger partial charge in [0.25, 0.3) is 0 Å². The van der Waals surface area contributed by atoms with Crippen molar-refractivity contribution in [3.05, 3.63) is 28.8 Å². The second-order valence-electron chi connectivity index (χ2n) is 4.42. The van der Waals surface area contributed by atoms with Crippen LogP contribution < -0.4 is 10.5 Å². The first-order chi connectivity index (χ1) is 9.51. The quantitative estimate of drug-likeness (QED) is 0.681. The van der Waals surface area contributed by atoms with Gasteiger partial charge in [0.2, 0.25) is 10.0 Å². The highest BCUT2D eigenvalue weighted by Gasteiger charge is 2.17. The summed E-state index contributed by atoms with van der Waals surface area (Å²) in [6.45, 7) is 1.41. The predicted molar refractivity (Wildman–Crippen MR) is 80.3 cm³/mol. The predicted octanol–water partition coefficient (Wildman–Crippen LogP) is 1.89. The van der Waals surface area contributed by atoms with Gasteiger partial charge in [-0.25, -0.2) is 13.1 Å². The van der Waals surface area contributed by atoms with Crippen LogP contribution in [0.15, 0.2) is 23.1 Å². The van der Waals surface area contributed by atoms with Crippen LogP contribution in [0.2, 0.25) is 5.02 Å². The van der Waals surface area contributed by atoms with E-state index >= 15 is 0 Å². The molecule has 1 rings (SSSR count). The molecule has 0 saturated carbocycles. The molecule has 0 aliphatic carbocycles. The van der Waals surface area contributed by atoms with Gasteiger partial charge in [-0.3, -0.25) is 0 Å². The average molecular weight is 321 g/mol. The Bertz CT molecular complexity index is 520. The molecule has 0 aromatic heterocycles. The minimum Gasteiger partial charge on any atom is -0.385 e. The van der Waals surface area contributed by atoms with E-state index in [-0.39, 0.29) is 9.92 Å². The molecule has 0 atom stereocenters. The number of sulfonamides is 1. The molecule has 0 aliphatic rings. The van der Waals surface area contributed by atoms with Crippen molar-refractivity contribution in [1.82, 2.24) is 4.72 Å². The molecule has 3 N–H and O–H groups in total. The molecule has 0 heterocycles. The fourth-order valence-corrected chi connectivity index (χ4v) is 3.36. The SMILES string of the molecule is COCCCCCNS(=O)(=O)c1ccc(CN)cc1Cl. The summed E-state index contributed by atoms with van der Waals surface area (Å²) in [5, 5.41) is 0.194. The third kappa shape index (κ3) is 5.38. The normalized spacial score (nSPS) is 11.8. The molecule has 0 saturated heterocycles. The first-order valence-electron chi connectivity index (χ1n) is 6.48. The van der Waals surface area contributed by atoms with Gasteiger partial charge in [-0.1, -0.05) is 17.7 Å².